The second kappa shape index (κ2) is 1.97. The summed E-state index contributed by atoms with van der Waals surface area (Å²) in [6.07, 6.45) is 6.46. The van der Waals surface area contributed by atoms with Gasteiger partial charge < -0.3 is 5.11 Å². The Morgan fingerprint density at radius 2 is 2.00 bits per heavy atom. The second-order valence-electron chi connectivity index (χ2n) is 4.21. The van der Waals surface area contributed by atoms with E-state index in [9.17, 15) is 5.11 Å². The first-order valence-electron chi connectivity index (χ1n) is 4.42. The summed E-state index contributed by atoms with van der Waals surface area (Å²) in [6, 6.07) is 0. The van der Waals surface area contributed by atoms with Crippen molar-refractivity contribution in [2.24, 2.45) is 11.8 Å². The largest absolute Gasteiger partial charge is 0.390 e. The van der Waals surface area contributed by atoms with E-state index in [2.05, 4.69) is 0 Å². The Bertz CT molecular complexity index is 140. The van der Waals surface area contributed by atoms with Crippen LogP contribution in [-0.2, 0) is 0 Å². The first-order valence-corrected chi connectivity index (χ1v) is 4.42. The lowest BCUT2D eigenvalue weighted by molar-refractivity contribution is -0.140. The normalized spacial score (nSPS) is 53.4. The summed E-state index contributed by atoms with van der Waals surface area (Å²) in [4.78, 5) is 0. The van der Waals surface area contributed by atoms with E-state index in [1.165, 1.54) is 25.7 Å². The van der Waals surface area contributed by atoms with Crippen molar-refractivity contribution in [3.8, 4) is 0 Å². The number of rotatable bonds is 0. The van der Waals surface area contributed by atoms with Gasteiger partial charge in [-0.05, 0) is 38.0 Å². The molecule has 0 bridgehead atoms. The Morgan fingerprint density at radius 1 is 1.30 bits per heavy atom. The minimum atomic E-state index is -0.287. The van der Waals surface area contributed by atoms with Crippen LogP contribution in [0.5, 0.6) is 0 Å². The minimum Gasteiger partial charge on any atom is -0.390 e. The van der Waals surface area contributed by atoms with Crippen LogP contribution in [0, 0.1) is 11.8 Å². The summed E-state index contributed by atoms with van der Waals surface area (Å²) >= 11 is 0. The van der Waals surface area contributed by atoms with Crippen LogP contribution in [0.1, 0.15) is 39.0 Å². The second-order valence-corrected chi connectivity index (χ2v) is 4.21. The maximum atomic E-state index is 9.71. The molecule has 2 rings (SSSR count). The molecule has 58 valence electrons. The summed E-state index contributed by atoms with van der Waals surface area (Å²) in [5, 5.41) is 9.71. The van der Waals surface area contributed by atoms with E-state index in [0.717, 1.165) is 12.3 Å². The topological polar surface area (TPSA) is 20.2 Å². The van der Waals surface area contributed by atoms with Crippen molar-refractivity contribution < 1.29 is 5.11 Å². The first-order chi connectivity index (χ1) is 4.70. The van der Waals surface area contributed by atoms with E-state index in [0.29, 0.717) is 5.92 Å². The van der Waals surface area contributed by atoms with Gasteiger partial charge in [0.1, 0.15) is 0 Å². The highest BCUT2D eigenvalue weighted by Gasteiger charge is 2.49. The van der Waals surface area contributed by atoms with Crippen molar-refractivity contribution >= 4 is 0 Å². The third kappa shape index (κ3) is 0.800. The van der Waals surface area contributed by atoms with E-state index < -0.39 is 0 Å². The lowest BCUT2D eigenvalue weighted by atomic mass is 9.56. The van der Waals surface area contributed by atoms with Gasteiger partial charge >= 0.3 is 0 Å². The monoisotopic (exact) mass is 140 g/mol. The zero-order chi connectivity index (χ0) is 7.19. The van der Waals surface area contributed by atoms with Crippen LogP contribution >= 0.6 is 0 Å². The third-order valence-corrected chi connectivity index (χ3v) is 3.38. The van der Waals surface area contributed by atoms with Crippen LogP contribution in [0.4, 0.5) is 0 Å². The molecule has 0 radical (unpaired) electrons. The summed E-state index contributed by atoms with van der Waals surface area (Å²) in [7, 11) is 0. The van der Waals surface area contributed by atoms with Gasteiger partial charge in [-0.3, -0.25) is 0 Å². The molecule has 1 nitrogen and oxygen atoms in total. The highest BCUT2D eigenvalue weighted by molar-refractivity contribution is 5.00. The van der Waals surface area contributed by atoms with Crippen molar-refractivity contribution in [2.75, 3.05) is 0 Å². The highest BCUT2D eigenvalue weighted by Crippen LogP contribution is 2.51. The van der Waals surface area contributed by atoms with Crippen LogP contribution in [0.15, 0.2) is 0 Å². The number of aliphatic hydroxyl groups is 1. The molecule has 3 atom stereocenters. The zero-order valence-electron chi connectivity index (χ0n) is 6.64. The summed E-state index contributed by atoms with van der Waals surface area (Å²) in [5.74, 6) is 1.53. The molecular weight excluding hydrogens is 124 g/mol. The van der Waals surface area contributed by atoms with Crippen LogP contribution < -0.4 is 0 Å². The van der Waals surface area contributed by atoms with Gasteiger partial charge in [0.15, 0.2) is 0 Å². The maximum Gasteiger partial charge on any atom is 0.0653 e. The van der Waals surface area contributed by atoms with Crippen molar-refractivity contribution in [2.45, 2.75) is 44.6 Å². The molecule has 1 N–H and O–H groups in total. The number of fused-ring (bicyclic) bond motifs is 1. The Labute approximate surface area is 62.4 Å². The molecule has 0 aromatic carbocycles. The van der Waals surface area contributed by atoms with Crippen LogP contribution in [-0.4, -0.2) is 10.7 Å². The molecule has 0 aromatic heterocycles. The van der Waals surface area contributed by atoms with Gasteiger partial charge in [-0.1, -0.05) is 12.8 Å². The molecule has 0 aromatic rings. The third-order valence-electron chi connectivity index (χ3n) is 3.38. The van der Waals surface area contributed by atoms with E-state index in [1.54, 1.807) is 0 Å². The average molecular weight is 140 g/mol. The molecule has 1 heteroatoms. The van der Waals surface area contributed by atoms with Gasteiger partial charge in [0.2, 0.25) is 0 Å². The lowest BCUT2D eigenvalue weighted by Gasteiger charge is -2.52. The fourth-order valence-corrected chi connectivity index (χ4v) is 2.79. The molecule has 0 heterocycles. The van der Waals surface area contributed by atoms with Gasteiger partial charge in [-0.2, -0.15) is 0 Å². The standard InChI is InChI=1S/C9H16O/c1-9(10)6-7-4-2-3-5-8(7)9/h7-8,10H,2-6H2,1H3/t7-,8+,9+/m0/s1. The van der Waals surface area contributed by atoms with Crippen LogP contribution in [0.3, 0.4) is 0 Å². The predicted molar refractivity (Wildman–Crippen MR) is 40.7 cm³/mol. The van der Waals surface area contributed by atoms with Gasteiger partial charge in [0, 0.05) is 0 Å². The SMILES string of the molecule is C[C@@]1(O)C[C@@H]2CCCC[C@H]21. The smallest absolute Gasteiger partial charge is 0.0653 e. The zero-order valence-corrected chi connectivity index (χ0v) is 6.64. The lowest BCUT2D eigenvalue weighted by Crippen LogP contribution is -2.52. The molecule has 0 spiro atoms. The molecule has 10 heavy (non-hydrogen) atoms. The fraction of sp³-hybridized carbons (Fsp3) is 1.00. The summed E-state index contributed by atoms with van der Waals surface area (Å²) < 4.78 is 0. The van der Waals surface area contributed by atoms with Crippen LogP contribution in [0.25, 0.3) is 0 Å². The molecule has 2 saturated carbocycles. The number of hydrogen-bond acceptors (Lipinski definition) is 1. The van der Waals surface area contributed by atoms with Gasteiger partial charge in [-0.25, -0.2) is 0 Å². The molecule has 2 aliphatic carbocycles. The molecular formula is C9H16O. The Morgan fingerprint density at radius 3 is 2.50 bits per heavy atom. The average Bonchev–Trinajstić information content (AvgIpc) is 1.86. The van der Waals surface area contributed by atoms with Crippen LogP contribution in [0.2, 0.25) is 0 Å². The molecule has 0 saturated heterocycles. The quantitative estimate of drug-likeness (QED) is 0.545. The van der Waals surface area contributed by atoms with E-state index >= 15 is 0 Å². The van der Waals surface area contributed by atoms with E-state index in [4.69, 9.17) is 0 Å². The van der Waals surface area contributed by atoms with E-state index in [1.807, 2.05) is 6.92 Å². The summed E-state index contributed by atoms with van der Waals surface area (Å²) in [6.45, 7) is 2.00. The Balaban J connectivity index is 2.01. The predicted octanol–water partition coefficient (Wildman–Crippen LogP) is 1.95. The number of hydrogen-bond donors (Lipinski definition) is 1. The van der Waals surface area contributed by atoms with Gasteiger partial charge in [0.05, 0.1) is 5.60 Å². The maximum absolute atomic E-state index is 9.71. The molecule has 2 aliphatic rings. The van der Waals surface area contributed by atoms with E-state index in [-0.39, 0.29) is 5.60 Å². The van der Waals surface area contributed by atoms with Crippen molar-refractivity contribution in [1.82, 2.24) is 0 Å². The molecule has 0 aliphatic heterocycles. The first kappa shape index (κ1) is 6.66. The summed E-state index contributed by atoms with van der Waals surface area (Å²) in [5.41, 5.74) is -0.287. The van der Waals surface area contributed by atoms with Crippen molar-refractivity contribution in [1.29, 1.82) is 0 Å². The Hall–Kier alpha value is -0.0400. The highest BCUT2D eigenvalue weighted by atomic mass is 16.3. The van der Waals surface area contributed by atoms with Gasteiger partial charge in [-0.15, -0.1) is 0 Å². The Kier molecular flexibility index (Phi) is 1.31. The fourth-order valence-electron chi connectivity index (χ4n) is 2.79. The molecule has 0 amide bonds. The van der Waals surface area contributed by atoms with Gasteiger partial charge in [0.25, 0.3) is 0 Å². The van der Waals surface area contributed by atoms with Crippen molar-refractivity contribution in [3.05, 3.63) is 0 Å². The van der Waals surface area contributed by atoms with Crippen molar-refractivity contribution in [3.63, 3.8) is 0 Å². The molecule has 2 fully saturated rings. The molecule has 0 unspecified atom stereocenters. The minimum absolute atomic E-state index is 0.287.